The summed E-state index contributed by atoms with van der Waals surface area (Å²) in [5.74, 6) is 1.91. The van der Waals surface area contributed by atoms with Gasteiger partial charge in [-0.3, -0.25) is 0 Å². The second kappa shape index (κ2) is 3.16. The van der Waals surface area contributed by atoms with E-state index in [1.807, 2.05) is 0 Å². The Morgan fingerprint density at radius 2 is 1.91 bits per heavy atom. The quantitative estimate of drug-likeness (QED) is 0.579. The molecule has 1 aliphatic carbocycles. The molecule has 66 valence electrons. The summed E-state index contributed by atoms with van der Waals surface area (Å²) in [7, 11) is 0. The Kier molecular flexibility index (Phi) is 2.61. The Hall–Kier alpha value is 0. The molecule has 0 atom stereocenters. The molecule has 1 saturated carbocycles. The first-order chi connectivity index (χ1) is 5.10. The second-order valence-corrected chi connectivity index (χ2v) is 4.78. The van der Waals surface area contributed by atoms with Crippen LogP contribution in [0, 0.1) is 17.3 Å². The summed E-state index contributed by atoms with van der Waals surface area (Å²) in [6, 6.07) is 0. The van der Waals surface area contributed by atoms with Gasteiger partial charge in [0.2, 0.25) is 0 Å². The van der Waals surface area contributed by atoms with Crippen LogP contribution in [0.4, 0.5) is 0 Å². The molecule has 0 nitrogen and oxygen atoms in total. The first-order valence-electron chi connectivity index (χ1n) is 5.10. The van der Waals surface area contributed by atoms with Crippen molar-refractivity contribution in [3.05, 3.63) is 0 Å². The lowest BCUT2D eigenvalue weighted by Gasteiger charge is -2.50. The molecule has 1 aliphatic rings. The van der Waals surface area contributed by atoms with E-state index in [1.54, 1.807) is 0 Å². The van der Waals surface area contributed by atoms with Crippen LogP contribution in [0.25, 0.3) is 0 Å². The topological polar surface area (TPSA) is 0 Å². The van der Waals surface area contributed by atoms with Crippen molar-refractivity contribution in [1.29, 1.82) is 0 Å². The van der Waals surface area contributed by atoms with Crippen LogP contribution >= 0.6 is 0 Å². The summed E-state index contributed by atoms with van der Waals surface area (Å²) < 4.78 is 0. The van der Waals surface area contributed by atoms with Gasteiger partial charge in [-0.05, 0) is 36.5 Å². The third kappa shape index (κ3) is 1.60. The molecule has 0 aliphatic heterocycles. The van der Waals surface area contributed by atoms with Gasteiger partial charge in [0.05, 0.1) is 0 Å². The third-order valence-corrected chi connectivity index (χ3v) is 3.48. The van der Waals surface area contributed by atoms with Gasteiger partial charge in [0.1, 0.15) is 0 Å². The molecule has 0 aromatic rings. The molecule has 0 radical (unpaired) electrons. The van der Waals surface area contributed by atoms with Crippen molar-refractivity contribution in [2.75, 3.05) is 0 Å². The van der Waals surface area contributed by atoms with E-state index in [0.29, 0.717) is 0 Å². The molecular formula is C11H22. The third-order valence-electron chi connectivity index (χ3n) is 3.48. The molecule has 0 unspecified atom stereocenters. The minimum Gasteiger partial charge on any atom is -0.0654 e. The zero-order chi connectivity index (χ0) is 8.48. The number of hydrogen-bond donors (Lipinski definition) is 0. The molecule has 0 aromatic heterocycles. The Morgan fingerprint density at radius 3 is 2.18 bits per heavy atom. The van der Waals surface area contributed by atoms with Crippen LogP contribution in [-0.4, -0.2) is 0 Å². The Morgan fingerprint density at radius 1 is 1.36 bits per heavy atom. The molecule has 0 bridgehead atoms. The minimum atomic E-state index is 0.744. The van der Waals surface area contributed by atoms with Gasteiger partial charge < -0.3 is 0 Å². The van der Waals surface area contributed by atoms with E-state index in [2.05, 4.69) is 27.7 Å². The summed E-state index contributed by atoms with van der Waals surface area (Å²) in [6.07, 6.45) is 5.79. The maximum absolute atomic E-state index is 2.39. The SMILES string of the molecule is CCCC1(C(C)C)CC(C)C1. The minimum absolute atomic E-state index is 0.744. The molecule has 0 N–H and O–H groups in total. The van der Waals surface area contributed by atoms with E-state index in [4.69, 9.17) is 0 Å². The zero-order valence-electron chi connectivity index (χ0n) is 8.48. The first kappa shape index (κ1) is 9.09. The Balaban J connectivity index is 2.46. The summed E-state index contributed by atoms with van der Waals surface area (Å²) >= 11 is 0. The lowest BCUT2D eigenvalue weighted by molar-refractivity contribution is 0.00516. The van der Waals surface area contributed by atoms with Crippen LogP contribution in [0.3, 0.4) is 0 Å². The van der Waals surface area contributed by atoms with Crippen molar-refractivity contribution in [2.24, 2.45) is 17.3 Å². The molecular weight excluding hydrogens is 132 g/mol. The molecule has 1 rings (SSSR count). The van der Waals surface area contributed by atoms with Crippen molar-refractivity contribution >= 4 is 0 Å². The van der Waals surface area contributed by atoms with Crippen LogP contribution in [-0.2, 0) is 0 Å². The van der Waals surface area contributed by atoms with E-state index in [-0.39, 0.29) is 0 Å². The van der Waals surface area contributed by atoms with Crippen LogP contribution in [0.5, 0.6) is 0 Å². The highest BCUT2D eigenvalue weighted by Crippen LogP contribution is 2.53. The van der Waals surface area contributed by atoms with E-state index in [9.17, 15) is 0 Å². The number of hydrogen-bond acceptors (Lipinski definition) is 0. The lowest BCUT2D eigenvalue weighted by Crippen LogP contribution is -2.40. The molecule has 0 heteroatoms. The summed E-state index contributed by atoms with van der Waals surface area (Å²) in [6.45, 7) is 9.48. The van der Waals surface area contributed by atoms with E-state index < -0.39 is 0 Å². The largest absolute Gasteiger partial charge is 0.0654 e. The van der Waals surface area contributed by atoms with Crippen molar-refractivity contribution in [3.8, 4) is 0 Å². The maximum Gasteiger partial charge on any atom is -0.0269 e. The van der Waals surface area contributed by atoms with Crippen LogP contribution in [0.1, 0.15) is 53.4 Å². The first-order valence-corrected chi connectivity index (χ1v) is 5.10. The fourth-order valence-corrected chi connectivity index (χ4v) is 2.79. The van der Waals surface area contributed by atoms with E-state index >= 15 is 0 Å². The molecule has 0 heterocycles. The fraction of sp³-hybridized carbons (Fsp3) is 1.00. The van der Waals surface area contributed by atoms with Gasteiger partial charge >= 0.3 is 0 Å². The highest BCUT2D eigenvalue weighted by molar-refractivity contribution is 4.93. The number of rotatable bonds is 3. The predicted octanol–water partition coefficient (Wildman–Crippen LogP) is 3.86. The molecule has 0 saturated heterocycles. The van der Waals surface area contributed by atoms with Gasteiger partial charge in [0.25, 0.3) is 0 Å². The normalized spacial score (nSPS) is 37.4. The van der Waals surface area contributed by atoms with E-state index in [1.165, 1.54) is 25.7 Å². The van der Waals surface area contributed by atoms with Gasteiger partial charge in [-0.15, -0.1) is 0 Å². The molecule has 11 heavy (non-hydrogen) atoms. The van der Waals surface area contributed by atoms with Crippen molar-refractivity contribution < 1.29 is 0 Å². The van der Waals surface area contributed by atoms with Gasteiger partial charge in [-0.2, -0.15) is 0 Å². The van der Waals surface area contributed by atoms with Gasteiger partial charge in [-0.1, -0.05) is 34.1 Å². The average Bonchev–Trinajstić information content (AvgIpc) is 1.84. The van der Waals surface area contributed by atoms with E-state index in [0.717, 1.165) is 17.3 Å². The van der Waals surface area contributed by atoms with Gasteiger partial charge in [0, 0.05) is 0 Å². The standard InChI is InChI=1S/C11H22/c1-5-6-11(9(2)3)7-10(4)8-11/h9-10H,5-8H2,1-4H3. The maximum atomic E-state index is 2.39. The van der Waals surface area contributed by atoms with Crippen molar-refractivity contribution in [2.45, 2.75) is 53.4 Å². The summed E-state index contributed by atoms with van der Waals surface area (Å²) in [5, 5.41) is 0. The van der Waals surface area contributed by atoms with Crippen LogP contribution in [0.15, 0.2) is 0 Å². The van der Waals surface area contributed by atoms with Gasteiger partial charge in [-0.25, -0.2) is 0 Å². The Bertz CT molecular complexity index is 112. The lowest BCUT2D eigenvalue weighted by atomic mass is 9.55. The highest BCUT2D eigenvalue weighted by Gasteiger charge is 2.42. The second-order valence-electron chi connectivity index (χ2n) is 4.78. The monoisotopic (exact) mass is 154 g/mol. The fourth-order valence-electron chi connectivity index (χ4n) is 2.79. The smallest absolute Gasteiger partial charge is 0.0269 e. The summed E-state index contributed by atoms with van der Waals surface area (Å²) in [4.78, 5) is 0. The predicted molar refractivity (Wildman–Crippen MR) is 50.6 cm³/mol. The van der Waals surface area contributed by atoms with Gasteiger partial charge in [0.15, 0.2) is 0 Å². The van der Waals surface area contributed by atoms with Crippen LogP contribution < -0.4 is 0 Å². The Labute approximate surface area is 71.4 Å². The highest BCUT2D eigenvalue weighted by atomic mass is 14.5. The molecule has 0 aromatic carbocycles. The average molecular weight is 154 g/mol. The molecule has 1 fully saturated rings. The zero-order valence-corrected chi connectivity index (χ0v) is 8.48. The molecule has 0 spiro atoms. The van der Waals surface area contributed by atoms with Crippen LogP contribution in [0.2, 0.25) is 0 Å². The molecule has 0 amide bonds. The van der Waals surface area contributed by atoms with Crippen molar-refractivity contribution in [3.63, 3.8) is 0 Å². The van der Waals surface area contributed by atoms with Crippen molar-refractivity contribution in [1.82, 2.24) is 0 Å². The summed E-state index contributed by atoms with van der Waals surface area (Å²) in [5.41, 5.74) is 0.744.